The fourth-order valence-corrected chi connectivity index (χ4v) is 12.9. The Labute approximate surface area is 273 Å². The molecule has 1 aromatic heterocycles. The molecule has 7 atom stereocenters. The zero-order valence-electron chi connectivity index (χ0n) is 27.2. The summed E-state index contributed by atoms with van der Waals surface area (Å²) in [6, 6.07) is 24.7. The molecule has 0 radical (unpaired) electrons. The largest absolute Gasteiger partial charge is 0.374 e. The molecule has 0 spiro atoms. The predicted molar refractivity (Wildman–Crippen MR) is 182 cm³/mol. The third-order valence-electron chi connectivity index (χ3n) is 9.62. The lowest BCUT2D eigenvalue weighted by molar-refractivity contribution is -0.118. The number of hydrogen-bond acceptors (Lipinski definition) is 8. The highest BCUT2D eigenvalue weighted by molar-refractivity contribution is 7.45. The zero-order chi connectivity index (χ0) is 32.4. The van der Waals surface area contributed by atoms with Crippen molar-refractivity contribution in [3.63, 3.8) is 0 Å². The molecule has 0 bridgehead atoms. The molecule has 1 amide bonds. The van der Waals surface area contributed by atoms with Gasteiger partial charge in [-0.1, -0.05) is 98.4 Å². The smallest absolute Gasteiger partial charge is 0.351 e. The van der Waals surface area contributed by atoms with Crippen LogP contribution in [0, 0.1) is 5.92 Å². The first-order valence-electron chi connectivity index (χ1n) is 16.3. The number of aromatic nitrogens is 2. The SMILES string of the molecule is CC[C@H]1O[C@@H](n2ccc(NC(=O)C(C)C)nc2=O)C(OC)[C@H]1O[P@]1O[C@@H](C[Si](C)(c2ccccc2)c2ccccc2)[C@H]2CCCN21. The Hall–Kier alpha value is -2.76. The molecule has 3 aliphatic rings. The number of amides is 1. The molecule has 3 fully saturated rings. The van der Waals surface area contributed by atoms with Gasteiger partial charge in [-0.05, 0) is 31.4 Å². The first kappa shape index (κ1) is 33.1. The Morgan fingerprint density at radius 2 is 1.74 bits per heavy atom. The van der Waals surface area contributed by atoms with E-state index in [4.69, 9.17) is 18.5 Å². The Balaban J connectivity index is 1.22. The van der Waals surface area contributed by atoms with Crippen molar-refractivity contribution >= 4 is 38.7 Å². The van der Waals surface area contributed by atoms with Crippen LogP contribution in [0.1, 0.15) is 46.3 Å². The maximum absolute atomic E-state index is 13.1. The van der Waals surface area contributed by atoms with E-state index in [-0.39, 0.29) is 29.9 Å². The lowest BCUT2D eigenvalue weighted by atomic mass is 10.1. The number of nitrogens with one attached hydrogen (secondary N) is 1. The van der Waals surface area contributed by atoms with Crippen molar-refractivity contribution in [2.45, 2.75) is 89.3 Å². The average molecular weight is 665 g/mol. The van der Waals surface area contributed by atoms with Gasteiger partial charge < -0.3 is 23.8 Å². The average Bonchev–Trinajstić information content (AvgIpc) is 3.77. The first-order valence-corrected chi connectivity index (χ1v) is 20.2. The Morgan fingerprint density at radius 1 is 1.07 bits per heavy atom. The van der Waals surface area contributed by atoms with Crippen LogP contribution in [0.5, 0.6) is 0 Å². The van der Waals surface area contributed by atoms with Gasteiger partial charge in [0.1, 0.15) is 26.1 Å². The number of methoxy groups -OCH3 is 1. The van der Waals surface area contributed by atoms with E-state index < -0.39 is 40.7 Å². The molecule has 0 aliphatic carbocycles. The molecule has 1 N–H and O–H groups in total. The molecular weight excluding hydrogens is 619 g/mol. The molecule has 246 valence electrons. The molecule has 3 aromatic rings. The van der Waals surface area contributed by atoms with E-state index in [9.17, 15) is 9.59 Å². The van der Waals surface area contributed by atoms with Crippen molar-refractivity contribution in [3.8, 4) is 0 Å². The summed E-state index contributed by atoms with van der Waals surface area (Å²) in [6.45, 7) is 9.00. The van der Waals surface area contributed by atoms with Gasteiger partial charge in [0, 0.05) is 31.8 Å². The van der Waals surface area contributed by atoms with Gasteiger partial charge in [-0.25, -0.2) is 9.46 Å². The lowest BCUT2D eigenvalue weighted by Crippen LogP contribution is -2.58. The second kappa shape index (κ2) is 14.2. The van der Waals surface area contributed by atoms with Crippen LogP contribution >= 0.6 is 8.53 Å². The van der Waals surface area contributed by atoms with Crippen LogP contribution in [0.3, 0.4) is 0 Å². The minimum absolute atomic E-state index is 0.0466. The molecule has 3 aliphatic heterocycles. The van der Waals surface area contributed by atoms with Crippen molar-refractivity contribution in [2.75, 3.05) is 19.0 Å². The Bertz CT molecular complexity index is 1510. The maximum Gasteiger partial charge on any atom is 0.351 e. The summed E-state index contributed by atoms with van der Waals surface area (Å²) < 4.78 is 30.1. The predicted octanol–water partition coefficient (Wildman–Crippen LogP) is 4.53. The third-order valence-corrected chi connectivity index (χ3v) is 15.8. The van der Waals surface area contributed by atoms with E-state index in [2.05, 4.69) is 82.2 Å². The summed E-state index contributed by atoms with van der Waals surface area (Å²) in [7, 11) is -1.89. The van der Waals surface area contributed by atoms with E-state index >= 15 is 0 Å². The van der Waals surface area contributed by atoms with Crippen molar-refractivity contribution < 1.29 is 23.3 Å². The van der Waals surface area contributed by atoms with Gasteiger partial charge in [-0.15, -0.1) is 0 Å². The van der Waals surface area contributed by atoms with E-state index in [0.717, 1.165) is 25.4 Å². The highest BCUT2D eigenvalue weighted by atomic mass is 31.2. The summed E-state index contributed by atoms with van der Waals surface area (Å²) in [6.07, 6.45) is 2.48. The monoisotopic (exact) mass is 664 g/mol. The number of rotatable bonds is 11. The first-order chi connectivity index (χ1) is 22.2. The summed E-state index contributed by atoms with van der Waals surface area (Å²) in [5, 5.41) is 5.49. The zero-order valence-corrected chi connectivity index (χ0v) is 29.1. The molecule has 1 unspecified atom stereocenters. The van der Waals surface area contributed by atoms with Crippen molar-refractivity contribution in [1.29, 1.82) is 0 Å². The van der Waals surface area contributed by atoms with Crippen LogP contribution in [-0.4, -0.2) is 72.3 Å². The highest BCUT2D eigenvalue weighted by Gasteiger charge is 2.54. The number of carbonyl (C=O) groups excluding carboxylic acids is 1. The van der Waals surface area contributed by atoms with Gasteiger partial charge in [-0.2, -0.15) is 4.98 Å². The van der Waals surface area contributed by atoms with E-state index in [0.29, 0.717) is 12.5 Å². The van der Waals surface area contributed by atoms with E-state index in [1.807, 2.05) is 6.92 Å². The fourth-order valence-electron chi connectivity index (χ4n) is 6.97. The van der Waals surface area contributed by atoms with Gasteiger partial charge in [0.25, 0.3) is 8.53 Å². The third kappa shape index (κ3) is 6.51. The standard InChI is InChI=1S/C34H45N4O6PSi/c1-6-27-30(31(41-4)33(42-27)37-21-19-29(36-34(37)40)35-32(39)23(2)3)44-45-38-20-13-18-26(38)28(43-45)22-46(5,24-14-9-7-10-15-24)25-16-11-8-12-17-25/h7-12,14-17,19,21,23,26-28,30-31,33H,6,13,18,20,22H2,1-5H3,(H,35,36,39,40)/t26-,27-,28+,30+,31?,33-,45+/m1/s1. The normalized spacial score (nSPS) is 28.1. The number of benzene rings is 2. The van der Waals surface area contributed by atoms with Crippen LogP contribution in [0.25, 0.3) is 0 Å². The summed E-state index contributed by atoms with van der Waals surface area (Å²) in [5.74, 6) is -0.225. The Morgan fingerprint density at radius 3 is 2.33 bits per heavy atom. The molecule has 46 heavy (non-hydrogen) atoms. The topological polar surface area (TPSA) is 104 Å². The number of hydrogen-bond donors (Lipinski definition) is 1. The number of anilines is 1. The van der Waals surface area contributed by atoms with Crippen molar-refractivity contribution in [3.05, 3.63) is 83.4 Å². The molecule has 6 rings (SSSR count). The molecule has 4 heterocycles. The van der Waals surface area contributed by atoms with Gasteiger partial charge in [-0.3, -0.25) is 9.36 Å². The molecular formula is C34H45N4O6PSi. The minimum Gasteiger partial charge on any atom is -0.374 e. The molecule has 0 saturated carbocycles. The second-order valence-electron chi connectivity index (χ2n) is 12.9. The maximum atomic E-state index is 13.1. The molecule has 12 heteroatoms. The summed E-state index contributed by atoms with van der Waals surface area (Å²) in [4.78, 5) is 29.4. The van der Waals surface area contributed by atoms with Gasteiger partial charge in [0.2, 0.25) is 5.91 Å². The van der Waals surface area contributed by atoms with Gasteiger partial charge >= 0.3 is 5.69 Å². The van der Waals surface area contributed by atoms with Crippen LogP contribution < -0.4 is 21.4 Å². The van der Waals surface area contributed by atoms with E-state index in [1.54, 1.807) is 33.2 Å². The quantitative estimate of drug-likeness (QED) is 0.236. The van der Waals surface area contributed by atoms with Crippen molar-refractivity contribution in [1.82, 2.24) is 14.2 Å². The fraction of sp³-hybridized carbons (Fsp3) is 0.500. The van der Waals surface area contributed by atoms with E-state index in [1.165, 1.54) is 14.9 Å². The minimum atomic E-state index is -2.14. The number of ether oxygens (including phenoxy) is 2. The van der Waals surface area contributed by atoms with Gasteiger partial charge in [0.15, 0.2) is 6.23 Å². The second-order valence-corrected chi connectivity index (χ2v) is 18.6. The van der Waals surface area contributed by atoms with Crippen LogP contribution in [0.4, 0.5) is 5.82 Å². The summed E-state index contributed by atoms with van der Waals surface area (Å²) >= 11 is 0. The summed E-state index contributed by atoms with van der Waals surface area (Å²) in [5.41, 5.74) is -0.530. The number of nitrogens with zero attached hydrogens (tertiary/aromatic N) is 3. The van der Waals surface area contributed by atoms with Crippen LogP contribution in [0.15, 0.2) is 77.7 Å². The molecule has 10 nitrogen and oxygen atoms in total. The molecule has 3 saturated heterocycles. The lowest BCUT2D eigenvalue weighted by Gasteiger charge is -2.32. The van der Waals surface area contributed by atoms with Crippen LogP contribution in [-0.2, 0) is 23.3 Å². The highest BCUT2D eigenvalue weighted by Crippen LogP contribution is 2.59. The van der Waals surface area contributed by atoms with Gasteiger partial charge in [0.05, 0.1) is 12.2 Å². The Kier molecular flexibility index (Phi) is 10.2. The molecule has 2 aromatic carbocycles. The van der Waals surface area contributed by atoms with Crippen molar-refractivity contribution in [2.24, 2.45) is 5.92 Å². The number of carbonyl (C=O) groups is 1. The number of fused-ring (bicyclic) bond motifs is 1. The van der Waals surface area contributed by atoms with Crippen LogP contribution in [0.2, 0.25) is 12.6 Å².